The molecule has 0 bridgehead atoms. The van der Waals surface area contributed by atoms with Crippen LogP contribution < -0.4 is 0 Å². The van der Waals surface area contributed by atoms with Crippen LogP contribution in [0.4, 0.5) is 0 Å². The number of amides is 1. The lowest BCUT2D eigenvalue weighted by Crippen LogP contribution is -2.33. The number of rotatable bonds is 7. The predicted octanol–water partition coefficient (Wildman–Crippen LogP) is 3.15. The minimum absolute atomic E-state index is 0.0229. The van der Waals surface area contributed by atoms with Crippen LogP contribution >= 0.6 is 11.8 Å². The Kier molecular flexibility index (Phi) is 5.43. The fourth-order valence-corrected chi connectivity index (χ4v) is 2.57. The van der Waals surface area contributed by atoms with Gasteiger partial charge in [-0.2, -0.15) is 0 Å². The van der Waals surface area contributed by atoms with Gasteiger partial charge in [-0.1, -0.05) is 23.9 Å². The van der Waals surface area contributed by atoms with Crippen molar-refractivity contribution < 1.29 is 13.6 Å². The van der Waals surface area contributed by atoms with Crippen molar-refractivity contribution in [3.8, 4) is 11.5 Å². The Morgan fingerprint density at radius 3 is 2.82 bits per heavy atom. The molecule has 22 heavy (non-hydrogen) atoms. The summed E-state index contributed by atoms with van der Waals surface area (Å²) in [5.41, 5.74) is 1.72. The van der Waals surface area contributed by atoms with E-state index in [9.17, 15) is 4.79 Å². The molecule has 0 spiro atoms. The van der Waals surface area contributed by atoms with Crippen molar-refractivity contribution in [3.63, 3.8) is 0 Å². The second kappa shape index (κ2) is 7.31. The second-order valence-corrected chi connectivity index (χ2v) is 5.84. The standard InChI is InChI=1S/C15H19N3O3S/c1-5-18(8-10(2)3)13(19)9-22-15-17-16-14(21-15)12-6-7-20-11(12)4/h6-7H,2,5,8-9H2,1,3-4H3. The predicted molar refractivity (Wildman–Crippen MR) is 84.5 cm³/mol. The highest BCUT2D eigenvalue weighted by molar-refractivity contribution is 7.99. The fraction of sp³-hybridized carbons (Fsp3) is 0.400. The summed E-state index contributed by atoms with van der Waals surface area (Å²) < 4.78 is 10.8. The van der Waals surface area contributed by atoms with Gasteiger partial charge in [0.2, 0.25) is 5.91 Å². The molecular formula is C15H19N3O3S. The highest BCUT2D eigenvalue weighted by atomic mass is 32.2. The lowest BCUT2D eigenvalue weighted by Gasteiger charge is -2.20. The Labute approximate surface area is 133 Å². The molecule has 1 amide bonds. The van der Waals surface area contributed by atoms with Crippen LogP contribution in [0.1, 0.15) is 19.6 Å². The summed E-state index contributed by atoms with van der Waals surface area (Å²) in [7, 11) is 0. The number of nitrogens with zero attached hydrogens (tertiary/aromatic N) is 3. The van der Waals surface area contributed by atoms with Gasteiger partial charge in [0.05, 0.1) is 17.6 Å². The SMILES string of the molecule is C=C(C)CN(CC)C(=O)CSc1nnc(-c2ccoc2C)o1. The van der Waals surface area contributed by atoms with Crippen LogP contribution in [0.15, 0.2) is 38.5 Å². The molecule has 2 heterocycles. The van der Waals surface area contributed by atoms with E-state index in [0.29, 0.717) is 24.2 Å². The van der Waals surface area contributed by atoms with Gasteiger partial charge in [-0.3, -0.25) is 4.79 Å². The summed E-state index contributed by atoms with van der Waals surface area (Å²) in [6, 6.07) is 1.77. The van der Waals surface area contributed by atoms with Gasteiger partial charge < -0.3 is 13.7 Å². The maximum Gasteiger partial charge on any atom is 0.277 e. The van der Waals surface area contributed by atoms with Gasteiger partial charge in [-0.25, -0.2) is 0 Å². The van der Waals surface area contributed by atoms with Crippen LogP contribution in [0.25, 0.3) is 11.5 Å². The third kappa shape index (κ3) is 4.00. The van der Waals surface area contributed by atoms with Crippen molar-refractivity contribution in [1.29, 1.82) is 0 Å². The Bertz CT molecular complexity index is 663. The van der Waals surface area contributed by atoms with Crippen LogP contribution in [0.2, 0.25) is 0 Å². The molecule has 2 rings (SSSR count). The number of aromatic nitrogens is 2. The molecule has 6 nitrogen and oxygen atoms in total. The molecule has 7 heteroatoms. The lowest BCUT2D eigenvalue weighted by atomic mass is 10.3. The first-order valence-electron chi connectivity index (χ1n) is 6.94. The Morgan fingerprint density at radius 1 is 1.45 bits per heavy atom. The molecule has 0 aromatic carbocycles. The molecule has 0 saturated carbocycles. The number of carbonyl (C=O) groups excluding carboxylic acids is 1. The van der Waals surface area contributed by atoms with E-state index < -0.39 is 0 Å². The van der Waals surface area contributed by atoms with Gasteiger partial charge in [0.1, 0.15) is 5.76 Å². The monoisotopic (exact) mass is 321 g/mol. The summed E-state index contributed by atoms with van der Waals surface area (Å²) in [4.78, 5) is 13.9. The molecule has 0 fully saturated rings. The first-order chi connectivity index (χ1) is 10.5. The molecule has 2 aromatic rings. The Morgan fingerprint density at radius 2 is 2.23 bits per heavy atom. The summed E-state index contributed by atoms with van der Waals surface area (Å²) in [6.07, 6.45) is 1.57. The minimum atomic E-state index is 0.0229. The van der Waals surface area contributed by atoms with Gasteiger partial charge in [-0.15, -0.1) is 10.2 Å². The molecule has 118 valence electrons. The van der Waals surface area contributed by atoms with Crippen LogP contribution in [0.5, 0.6) is 0 Å². The van der Waals surface area contributed by atoms with Gasteiger partial charge >= 0.3 is 0 Å². The number of carbonyl (C=O) groups is 1. The highest BCUT2D eigenvalue weighted by Crippen LogP contribution is 2.26. The van der Waals surface area contributed by atoms with Crippen LogP contribution in [-0.4, -0.2) is 39.8 Å². The number of furan rings is 1. The normalized spacial score (nSPS) is 10.7. The first-order valence-corrected chi connectivity index (χ1v) is 7.92. The molecule has 0 aliphatic rings. The van der Waals surface area contributed by atoms with Crippen molar-refractivity contribution in [2.24, 2.45) is 0 Å². The van der Waals surface area contributed by atoms with E-state index >= 15 is 0 Å². The van der Waals surface area contributed by atoms with Gasteiger partial charge in [-0.05, 0) is 26.8 Å². The lowest BCUT2D eigenvalue weighted by molar-refractivity contribution is -0.127. The molecule has 0 unspecified atom stereocenters. The zero-order valence-corrected chi connectivity index (χ0v) is 13.8. The van der Waals surface area contributed by atoms with Gasteiger partial charge in [0, 0.05) is 13.1 Å². The van der Waals surface area contributed by atoms with Gasteiger partial charge in [0.25, 0.3) is 11.1 Å². The molecule has 0 radical (unpaired) electrons. The van der Waals surface area contributed by atoms with Gasteiger partial charge in [0.15, 0.2) is 0 Å². The number of hydrogen-bond donors (Lipinski definition) is 0. The average molecular weight is 321 g/mol. The minimum Gasteiger partial charge on any atom is -0.469 e. The van der Waals surface area contributed by atoms with Crippen molar-refractivity contribution in [2.45, 2.75) is 26.0 Å². The molecular weight excluding hydrogens is 302 g/mol. The molecule has 0 aliphatic heterocycles. The maximum atomic E-state index is 12.1. The topological polar surface area (TPSA) is 72.4 Å². The Balaban J connectivity index is 1.95. The summed E-state index contributed by atoms with van der Waals surface area (Å²) in [6.45, 7) is 10.7. The van der Waals surface area contributed by atoms with E-state index in [1.165, 1.54) is 11.8 Å². The van der Waals surface area contributed by atoms with E-state index in [1.807, 2.05) is 20.8 Å². The number of thioether (sulfide) groups is 1. The number of hydrogen-bond acceptors (Lipinski definition) is 6. The van der Waals surface area contributed by atoms with Crippen LogP contribution in [0.3, 0.4) is 0 Å². The average Bonchev–Trinajstić information content (AvgIpc) is 3.10. The molecule has 0 saturated heterocycles. The van der Waals surface area contributed by atoms with Crippen molar-refractivity contribution in [2.75, 3.05) is 18.8 Å². The van der Waals surface area contributed by atoms with E-state index in [2.05, 4.69) is 16.8 Å². The van der Waals surface area contributed by atoms with E-state index in [4.69, 9.17) is 8.83 Å². The molecule has 0 atom stereocenters. The quantitative estimate of drug-likeness (QED) is 0.576. The summed E-state index contributed by atoms with van der Waals surface area (Å²) in [5, 5.41) is 8.29. The van der Waals surface area contributed by atoms with Crippen LogP contribution in [-0.2, 0) is 4.79 Å². The first kappa shape index (κ1) is 16.4. The third-order valence-corrected chi connectivity index (χ3v) is 3.81. The van der Waals surface area contributed by atoms with Crippen molar-refractivity contribution in [3.05, 3.63) is 30.2 Å². The smallest absolute Gasteiger partial charge is 0.277 e. The molecule has 0 N–H and O–H groups in total. The zero-order valence-electron chi connectivity index (χ0n) is 13.0. The molecule has 2 aromatic heterocycles. The van der Waals surface area contributed by atoms with E-state index in [0.717, 1.165) is 16.9 Å². The summed E-state index contributed by atoms with van der Waals surface area (Å²) >= 11 is 1.23. The van der Waals surface area contributed by atoms with E-state index in [-0.39, 0.29) is 11.7 Å². The van der Waals surface area contributed by atoms with Crippen molar-refractivity contribution >= 4 is 17.7 Å². The fourth-order valence-electron chi connectivity index (χ4n) is 1.90. The number of likely N-dealkylation sites (N-methyl/N-ethyl adjacent to an activating group) is 1. The van der Waals surface area contributed by atoms with E-state index in [1.54, 1.807) is 17.2 Å². The summed E-state index contributed by atoms with van der Waals surface area (Å²) in [5.74, 6) is 1.40. The number of aryl methyl sites for hydroxylation is 1. The Hall–Kier alpha value is -2.02. The third-order valence-electron chi connectivity index (χ3n) is 3.01. The second-order valence-electron chi connectivity index (χ2n) is 4.92. The van der Waals surface area contributed by atoms with Crippen LogP contribution in [0, 0.1) is 6.92 Å². The zero-order chi connectivity index (χ0) is 16.1. The van der Waals surface area contributed by atoms with Crippen molar-refractivity contribution in [1.82, 2.24) is 15.1 Å². The highest BCUT2D eigenvalue weighted by Gasteiger charge is 2.16. The molecule has 0 aliphatic carbocycles. The largest absolute Gasteiger partial charge is 0.469 e. The maximum absolute atomic E-state index is 12.1.